The molecule has 0 heterocycles. The number of hydrogen-bond donors (Lipinski definition) is 1. The topological polar surface area (TPSA) is 62.1 Å². The summed E-state index contributed by atoms with van der Waals surface area (Å²) >= 11 is 0. The van der Waals surface area contributed by atoms with Crippen LogP contribution in [-0.2, 0) is 11.3 Å². The molecule has 2 rings (SSSR count). The molecule has 1 amide bonds. The average molecular weight is 284 g/mol. The van der Waals surface area contributed by atoms with Crippen LogP contribution in [-0.4, -0.2) is 12.5 Å². The molecule has 0 aliphatic carbocycles. The van der Waals surface area contributed by atoms with Gasteiger partial charge in [0.1, 0.15) is 11.6 Å². The Kier molecular flexibility index (Phi) is 4.89. The van der Waals surface area contributed by atoms with Crippen molar-refractivity contribution >= 4 is 5.91 Å². The number of nitrogens with zero attached hydrogens (tertiary/aromatic N) is 1. The van der Waals surface area contributed by atoms with E-state index in [1.54, 1.807) is 42.5 Å². The van der Waals surface area contributed by atoms with Crippen LogP contribution in [0.15, 0.2) is 48.5 Å². The van der Waals surface area contributed by atoms with Crippen molar-refractivity contribution in [3.63, 3.8) is 0 Å². The summed E-state index contributed by atoms with van der Waals surface area (Å²) in [6.07, 6.45) is 0. The van der Waals surface area contributed by atoms with Crippen LogP contribution in [0.4, 0.5) is 4.39 Å². The zero-order chi connectivity index (χ0) is 15.1. The Morgan fingerprint density at radius 2 is 2.05 bits per heavy atom. The summed E-state index contributed by atoms with van der Waals surface area (Å²) in [7, 11) is 0. The Morgan fingerprint density at radius 1 is 1.24 bits per heavy atom. The first-order valence-electron chi connectivity index (χ1n) is 6.32. The van der Waals surface area contributed by atoms with Gasteiger partial charge in [0.2, 0.25) is 0 Å². The van der Waals surface area contributed by atoms with Crippen molar-refractivity contribution < 1.29 is 13.9 Å². The molecular weight excluding hydrogens is 271 g/mol. The van der Waals surface area contributed by atoms with Crippen LogP contribution in [0, 0.1) is 17.1 Å². The van der Waals surface area contributed by atoms with E-state index in [1.165, 1.54) is 6.07 Å². The van der Waals surface area contributed by atoms with Crippen LogP contribution in [0.3, 0.4) is 0 Å². The van der Waals surface area contributed by atoms with Gasteiger partial charge in [-0.05, 0) is 24.3 Å². The molecule has 0 aliphatic heterocycles. The summed E-state index contributed by atoms with van der Waals surface area (Å²) in [5, 5.41) is 11.3. The Labute approximate surface area is 121 Å². The van der Waals surface area contributed by atoms with E-state index in [0.29, 0.717) is 16.9 Å². The molecule has 2 aromatic carbocycles. The maximum atomic E-state index is 13.4. The lowest BCUT2D eigenvalue weighted by Gasteiger charge is -2.08. The largest absolute Gasteiger partial charge is 0.484 e. The molecule has 106 valence electrons. The maximum Gasteiger partial charge on any atom is 0.258 e. The van der Waals surface area contributed by atoms with Gasteiger partial charge < -0.3 is 10.1 Å². The molecule has 0 unspecified atom stereocenters. The van der Waals surface area contributed by atoms with Crippen LogP contribution < -0.4 is 10.1 Å². The molecule has 0 saturated carbocycles. The second-order valence-electron chi connectivity index (χ2n) is 4.30. The van der Waals surface area contributed by atoms with E-state index >= 15 is 0 Å². The van der Waals surface area contributed by atoms with Gasteiger partial charge in [0.15, 0.2) is 6.61 Å². The zero-order valence-electron chi connectivity index (χ0n) is 11.2. The van der Waals surface area contributed by atoms with Crippen LogP contribution >= 0.6 is 0 Å². The lowest BCUT2D eigenvalue weighted by Crippen LogP contribution is -2.28. The number of nitriles is 1. The number of carbonyl (C=O) groups is 1. The fourth-order valence-electron chi connectivity index (χ4n) is 1.69. The predicted molar refractivity (Wildman–Crippen MR) is 74.9 cm³/mol. The third kappa shape index (κ3) is 4.32. The van der Waals surface area contributed by atoms with Crippen LogP contribution in [0.25, 0.3) is 0 Å². The van der Waals surface area contributed by atoms with E-state index in [1.807, 2.05) is 6.07 Å². The van der Waals surface area contributed by atoms with Crippen LogP contribution in [0.5, 0.6) is 5.75 Å². The van der Waals surface area contributed by atoms with Crippen molar-refractivity contribution in [3.05, 3.63) is 65.5 Å². The number of benzene rings is 2. The normalized spacial score (nSPS) is 9.71. The van der Waals surface area contributed by atoms with E-state index in [-0.39, 0.29) is 24.9 Å². The Balaban J connectivity index is 1.82. The summed E-state index contributed by atoms with van der Waals surface area (Å²) < 4.78 is 18.6. The van der Waals surface area contributed by atoms with Gasteiger partial charge in [-0.2, -0.15) is 5.26 Å². The van der Waals surface area contributed by atoms with Crippen molar-refractivity contribution in [3.8, 4) is 11.8 Å². The van der Waals surface area contributed by atoms with Gasteiger partial charge in [0.05, 0.1) is 11.6 Å². The van der Waals surface area contributed by atoms with Gasteiger partial charge in [0.25, 0.3) is 5.91 Å². The zero-order valence-corrected chi connectivity index (χ0v) is 11.2. The number of nitrogens with one attached hydrogen (secondary N) is 1. The molecule has 21 heavy (non-hydrogen) atoms. The molecule has 0 saturated heterocycles. The first-order chi connectivity index (χ1) is 10.2. The van der Waals surface area contributed by atoms with E-state index in [9.17, 15) is 9.18 Å². The summed E-state index contributed by atoms with van der Waals surface area (Å²) in [4.78, 5) is 11.6. The molecule has 0 bridgehead atoms. The van der Waals surface area contributed by atoms with Gasteiger partial charge in [-0.1, -0.05) is 24.3 Å². The summed E-state index contributed by atoms with van der Waals surface area (Å²) in [6.45, 7) is -0.0869. The highest BCUT2D eigenvalue weighted by Gasteiger charge is 2.05. The first kappa shape index (κ1) is 14.5. The predicted octanol–water partition coefficient (Wildman–Crippen LogP) is 2.39. The van der Waals surface area contributed by atoms with Gasteiger partial charge in [0, 0.05) is 12.1 Å². The molecule has 2 aromatic rings. The second-order valence-corrected chi connectivity index (χ2v) is 4.30. The summed E-state index contributed by atoms with van der Waals surface area (Å²) in [6, 6.07) is 14.7. The van der Waals surface area contributed by atoms with Crippen LogP contribution in [0.2, 0.25) is 0 Å². The fraction of sp³-hybridized carbons (Fsp3) is 0.125. The third-order valence-corrected chi connectivity index (χ3v) is 2.77. The highest BCUT2D eigenvalue weighted by molar-refractivity contribution is 5.77. The number of halogens is 1. The smallest absolute Gasteiger partial charge is 0.258 e. The molecule has 0 fully saturated rings. The minimum atomic E-state index is -0.361. The first-order valence-corrected chi connectivity index (χ1v) is 6.32. The number of hydrogen-bond acceptors (Lipinski definition) is 3. The second kappa shape index (κ2) is 7.06. The molecule has 0 radical (unpaired) electrons. The average Bonchev–Trinajstić information content (AvgIpc) is 2.52. The van der Waals surface area contributed by atoms with E-state index < -0.39 is 0 Å². The fourth-order valence-corrected chi connectivity index (χ4v) is 1.69. The molecule has 4 nitrogen and oxygen atoms in total. The number of carbonyl (C=O) groups excluding carboxylic acids is 1. The van der Waals surface area contributed by atoms with E-state index in [0.717, 1.165) is 0 Å². The SMILES string of the molecule is N#Cc1cccc(OCC(=O)NCc2ccccc2F)c1. The van der Waals surface area contributed by atoms with Crippen molar-refractivity contribution in [2.24, 2.45) is 0 Å². The van der Waals surface area contributed by atoms with Gasteiger partial charge in [-0.15, -0.1) is 0 Å². The molecule has 0 aliphatic rings. The number of ether oxygens (including phenoxy) is 1. The number of rotatable bonds is 5. The Morgan fingerprint density at radius 3 is 2.81 bits per heavy atom. The van der Waals surface area contributed by atoms with E-state index in [4.69, 9.17) is 10.00 Å². The highest BCUT2D eigenvalue weighted by atomic mass is 19.1. The Hall–Kier alpha value is -2.87. The molecule has 5 heteroatoms. The van der Waals surface area contributed by atoms with Gasteiger partial charge in [-0.25, -0.2) is 4.39 Å². The lowest BCUT2D eigenvalue weighted by molar-refractivity contribution is -0.123. The highest BCUT2D eigenvalue weighted by Crippen LogP contribution is 2.12. The molecule has 0 spiro atoms. The van der Waals surface area contributed by atoms with Crippen LogP contribution in [0.1, 0.15) is 11.1 Å². The molecular formula is C16H13FN2O2. The van der Waals surface area contributed by atoms with Crippen molar-refractivity contribution in [1.29, 1.82) is 5.26 Å². The lowest BCUT2D eigenvalue weighted by atomic mass is 10.2. The monoisotopic (exact) mass is 284 g/mol. The number of amides is 1. The van der Waals surface area contributed by atoms with Crippen molar-refractivity contribution in [1.82, 2.24) is 5.32 Å². The molecule has 0 atom stereocenters. The third-order valence-electron chi connectivity index (χ3n) is 2.77. The summed E-state index contributed by atoms with van der Waals surface area (Å²) in [5.74, 6) is -0.281. The molecule has 1 N–H and O–H groups in total. The van der Waals surface area contributed by atoms with E-state index in [2.05, 4.69) is 5.32 Å². The maximum absolute atomic E-state index is 13.4. The van der Waals surface area contributed by atoms with Gasteiger partial charge in [-0.3, -0.25) is 4.79 Å². The quantitative estimate of drug-likeness (QED) is 0.917. The Bertz CT molecular complexity index is 680. The van der Waals surface area contributed by atoms with Crippen molar-refractivity contribution in [2.75, 3.05) is 6.61 Å². The standard InChI is InChI=1S/C16H13FN2O2/c17-15-7-2-1-5-13(15)10-19-16(20)11-21-14-6-3-4-12(8-14)9-18/h1-8H,10-11H2,(H,19,20). The van der Waals surface area contributed by atoms with Crippen molar-refractivity contribution in [2.45, 2.75) is 6.54 Å². The minimum absolute atomic E-state index is 0.104. The minimum Gasteiger partial charge on any atom is -0.484 e. The van der Waals surface area contributed by atoms with Gasteiger partial charge >= 0.3 is 0 Å². The molecule has 0 aromatic heterocycles. The summed E-state index contributed by atoms with van der Waals surface area (Å²) in [5.41, 5.74) is 0.872.